The summed E-state index contributed by atoms with van der Waals surface area (Å²) in [5, 5.41) is 0. The first-order chi connectivity index (χ1) is 33.6. The molecule has 0 unspecified atom stereocenters. The average Bonchev–Trinajstić information content (AvgIpc) is 3.28. The Morgan fingerprint density at radius 2 is 0.270 bits per heavy atom. The number of benzene rings is 7. The summed E-state index contributed by atoms with van der Waals surface area (Å²) in [4.78, 5) is 0. The zero-order chi connectivity index (χ0) is 55.1. The Bertz CT molecular complexity index is 2660. The topological polar surface area (TPSA) is 0 Å². The van der Waals surface area contributed by atoms with Crippen LogP contribution < -0.4 is 0 Å². The summed E-state index contributed by atoms with van der Waals surface area (Å²) < 4.78 is 0. The van der Waals surface area contributed by atoms with E-state index in [2.05, 4.69) is 300 Å². The maximum Gasteiger partial charge on any atom is -0.0132 e. The highest BCUT2D eigenvalue weighted by Gasteiger charge is 2.27. The van der Waals surface area contributed by atoms with Gasteiger partial charge in [-0.25, -0.2) is 0 Å². The quantitative estimate of drug-likeness (QED) is 0.156. The van der Waals surface area contributed by atoms with Crippen molar-refractivity contribution in [3.63, 3.8) is 0 Å². The van der Waals surface area contributed by atoms with E-state index in [0.717, 1.165) is 0 Å². The van der Waals surface area contributed by atoms with Crippen molar-refractivity contribution in [1.82, 2.24) is 0 Å². The first-order valence-electron chi connectivity index (χ1n) is 27.7. The van der Waals surface area contributed by atoms with E-state index in [-0.39, 0.29) is 43.3 Å². The maximum atomic E-state index is 2.46. The van der Waals surface area contributed by atoms with E-state index < -0.39 is 0 Å². The smallest absolute Gasteiger partial charge is 0.0132 e. The summed E-state index contributed by atoms with van der Waals surface area (Å²) >= 11 is 0. The van der Waals surface area contributed by atoms with Crippen LogP contribution in [0.5, 0.6) is 0 Å². The van der Waals surface area contributed by atoms with Crippen LogP contribution in [-0.2, 0) is 43.3 Å². The molecular weight excluding hydrogens is 889 g/mol. The molecule has 0 aliphatic rings. The zero-order valence-electron chi connectivity index (χ0n) is 50.7. The Balaban J connectivity index is 1.54. The first-order valence-corrected chi connectivity index (χ1v) is 27.7. The fourth-order valence-electron chi connectivity index (χ4n) is 9.77. The average molecular weight is 984 g/mol. The molecule has 74 heavy (non-hydrogen) atoms. The van der Waals surface area contributed by atoms with E-state index in [1.54, 1.807) is 0 Å². The number of rotatable bonds is 6. The van der Waals surface area contributed by atoms with E-state index in [4.69, 9.17) is 0 Å². The minimum absolute atomic E-state index is 0.00836. The molecule has 0 saturated heterocycles. The van der Waals surface area contributed by atoms with E-state index in [1.807, 2.05) is 0 Å². The van der Waals surface area contributed by atoms with E-state index in [0.29, 0.717) is 0 Å². The SMILES string of the molecule is CC(C)(C)c1cc(-c2cc(-c3cccc(-c4cc(-c5cc(C(C)(C)C)cc(C(C)(C)C)c5)cc(-c5cc(C(C)(C)C)cc(C(C)(C)C)c5)c4)c3)cc(-c3cc(C(C)(C)C)cc(C(C)(C)C)c3)c2)cc(C(C)(C)C)c1. The van der Waals surface area contributed by atoms with Crippen molar-refractivity contribution in [3.8, 4) is 66.8 Å². The van der Waals surface area contributed by atoms with Gasteiger partial charge in [-0.15, -0.1) is 0 Å². The summed E-state index contributed by atoms with van der Waals surface area (Å²) in [6.07, 6.45) is 0. The van der Waals surface area contributed by atoms with Crippen molar-refractivity contribution < 1.29 is 0 Å². The second kappa shape index (κ2) is 19.3. The van der Waals surface area contributed by atoms with Crippen molar-refractivity contribution in [1.29, 1.82) is 0 Å². The van der Waals surface area contributed by atoms with Gasteiger partial charge in [0, 0.05) is 0 Å². The largest absolute Gasteiger partial charge is 0.0610 e. The van der Waals surface area contributed by atoms with Gasteiger partial charge in [0.25, 0.3) is 0 Å². The summed E-state index contributed by atoms with van der Waals surface area (Å²) in [6, 6.07) is 53.5. The summed E-state index contributed by atoms with van der Waals surface area (Å²) in [5.41, 5.74) is 25.7. The lowest BCUT2D eigenvalue weighted by atomic mass is 9.77. The molecule has 0 atom stereocenters. The molecule has 0 aromatic heterocycles. The Labute approximate surface area is 451 Å². The predicted octanol–water partition coefficient (Wildman–Crippen LogP) is 22.1. The monoisotopic (exact) mass is 983 g/mol. The number of hydrogen-bond acceptors (Lipinski definition) is 0. The highest BCUT2D eigenvalue weighted by Crippen LogP contribution is 2.44. The fraction of sp³-hybridized carbons (Fsp3) is 0.432. The van der Waals surface area contributed by atoms with E-state index >= 15 is 0 Å². The zero-order valence-corrected chi connectivity index (χ0v) is 50.7. The van der Waals surface area contributed by atoms with Crippen LogP contribution in [0.15, 0.2) is 133 Å². The minimum Gasteiger partial charge on any atom is -0.0610 e. The first kappa shape index (κ1) is 56.3. The third-order valence-electron chi connectivity index (χ3n) is 15.4. The molecule has 390 valence electrons. The molecule has 0 N–H and O–H groups in total. The van der Waals surface area contributed by atoms with Gasteiger partial charge in [-0.3, -0.25) is 0 Å². The predicted molar refractivity (Wildman–Crippen MR) is 329 cm³/mol. The van der Waals surface area contributed by atoms with Gasteiger partial charge in [0.05, 0.1) is 0 Å². The third kappa shape index (κ3) is 13.0. The van der Waals surface area contributed by atoms with Crippen LogP contribution in [0.25, 0.3) is 66.8 Å². The summed E-state index contributed by atoms with van der Waals surface area (Å²) in [5.74, 6) is 0. The Kier molecular flexibility index (Phi) is 14.7. The third-order valence-corrected chi connectivity index (χ3v) is 15.4. The van der Waals surface area contributed by atoms with Crippen molar-refractivity contribution >= 4 is 0 Å². The van der Waals surface area contributed by atoms with E-state index in [9.17, 15) is 0 Å². The molecule has 0 bridgehead atoms. The summed E-state index contributed by atoms with van der Waals surface area (Å²) in [7, 11) is 0. The molecule has 0 fully saturated rings. The lowest BCUT2D eigenvalue weighted by Crippen LogP contribution is -2.16. The van der Waals surface area contributed by atoms with Crippen LogP contribution >= 0.6 is 0 Å². The van der Waals surface area contributed by atoms with Crippen LogP contribution in [0.3, 0.4) is 0 Å². The van der Waals surface area contributed by atoms with Gasteiger partial charge in [0.1, 0.15) is 0 Å². The molecule has 7 aromatic carbocycles. The highest BCUT2D eigenvalue weighted by molar-refractivity contribution is 5.86. The molecule has 0 heterocycles. The van der Waals surface area contributed by atoms with Crippen LogP contribution in [-0.4, -0.2) is 0 Å². The molecule has 0 heteroatoms. The van der Waals surface area contributed by atoms with Gasteiger partial charge in [-0.2, -0.15) is 0 Å². The molecule has 7 rings (SSSR count). The van der Waals surface area contributed by atoms with Gasteiger partial charge in [-0.1, -0.05) is 257 Å². The lowest BCUT2D eigenvalue weighted by Gasteiger charge is -2.27. The molecule has 7 aromatic rings. The van der Waals surface area contributed by atoms with Gasteiger partial charge >= 0.3 is 0 Å². The molecule has 0 amide bonds. The molecule has 0 aliphatic heterocycles. The van der Waals surface area contributed by atoms with Crippen LogP contribution in [0.1, 0.15) is 211 Å². The molecule has 0 saturated carbocycles. The van der Waals surface area contributed by atoms with Crippen LogP contribution in [0, 0.1) is 0 Å². The minimum atomic E-state index is -0.00836. The Morgan fingerprint density at radius 3 is 0.419 bits per heavy atom. The molecule has 0 spiro atoms. The van der Waals surface area contributed by atoms with Crippen molar-refractivity contribution in [2.24, 2.45) is 0 Å². The number of hydrogen-bond donors (Lipinski definition) is 0. The van der Waals surface area contributed by atoms with Crippen LogP contribution in [0.4, 0.5) is 0 Å². The maximum absolute atomic E-state index is 2.46. The van der Waals surface area contributed by atoms with Crippen molar-refractivity contribution in [3.05, 3.63) is 178 Å². The lowest BCUT2D eigenvalue weighted by molar-refractivity contribution is 0.568. The Hall–Kier alpha value is -5.46. The highest BCUT2D eigenvalue weighted by atomic mass is 14.3. The van der Waals surface area contributed by atoms with Crippen LogP contribution in [0.2, 0.25) is 0 Å². The summed E-state index contributed by atoms with van der Waals surface area (Å²) in [6.45, 7) is 56.2. The molecular formula is C74H94. The normalized spacial score (nSPS) is 13.4. The second-order valence-corrected chi connectivity index (χ2v) is 30.4. The van der Waals surface area contributed by atoms with Crippen molar-refractivity contribution in [2.45, 2.75) is 209 Å². The molecule has 0 aliphatic carbocycles. The molecule has 0 nitrogen and oxygen atoms in total. The second-order valence-electron chi connectivity index (χ2n) is 30.4. The Morgan fingerprint density at radius 1 is 0.149 bits per heavy atom. The molecule has 0 radical (unpaired) electrons. The van der Waals surface area contributed by atoms with Gasteiger partial charge in [0.15, 0.2) is 0 Å². The van der Waals surface area contributed by atoms with Gasteiger partial charge < -0.3 is 0 Å². The van der Waals surface area contributed by atoms with Gasteiger partial charge in [-0.05, 0) is 197 Å². The van der Waals surface area contributed by atoms with E-state index in [1.165, 1.54) is 111 Å². The standard InChI is InChI=1S/C74H94/c1-67(2,3)59-35-55(36-60(43-59)68(4,5)6)51-29-49(30-52(33-51)56-37-61(69(7,8)9)44-62(38-56)70(10,11)12)47-26-25-27-48(28-47)50-31-53(57-39-63(71(13,14)15)45-64(40-57)72(16,17)18)34-54(32-50)58-41-65(73(19,20)21)46-66(42-58)74(22,23)24/h25-46H,1-24H3. The van der Waals surface area contributed by atoms with Crippen molar-refractivity contribution in [2.75, 3.05) is 0 Å². The van der Waals surface area contributed by atoms with Gasteiger partial charge in [0.2, 0.25) is 0 Å². The fourth-order valence-corrected chi connectivity index (χ4v) is 9.77.